The lowest BCUT2D eigenvalue weighted by atomic mass is 9.99. The highest BCUT2D eigenvalue weighted by molar-refractivity contribution is 7.99. The zero-order valence-electron chi connectivity index (χ0n) is 15.8. The van der Waals surface area contributed by atoms with E-state index in [-0.39, 0.29) is 38.3 Å². The fourth-order valence-corrected chi connectivity index (χ4v) is 4.00. The van der Waals surface area contributed by atoms with Gasteiger partial charge in [-0.3, -0.25) is 4.79 Å². The number of alkyl halides is 3. The molecule has 0 saturated carbocycles. The number of amides is 1. The first-order valence-electron chi connectivity index (χ1n) is 9.22. The summed E-state index contributed by atoms with van der Waals surface area (Å²) in [5.74, 6) is -0.693. The Kier molecular flexibility index (Phi) is 6.32. The number of carbonyl (C=O) groups is 1. The van der Waals surface area contributed by atoms with Gasteiger partial charge in [-0.05, 0) is 24.1 Å². The average Bonchev–Trinajstić information content (AvgIpc) is 3.03. The number of carbonyl (C=O) groups excluding carboxylic acids is 1. The van der Waals surface area contributed by atoms with Gasteiger partial charge in [0.15, 0.2) is 5.82 Å². The summed E-state index contributed by atoms with van der Waals surface area (Å²) < 4.78 is 40.5. The molecule has 1 amide bonds. The highest BCUT2D eigenvalue weighted by Gasteiger charge is 2.42. The summed E-state index contributed by atoms with van der Waals surface area (Å²) >= 11 is 1.75. The second-order valence-electron chi connectivity index (χ2n) is 7.18. The summed E-state index contributed by atoms with van der Waals surface area (Å²) in [6, 6.07) is 7.80. The first kappa shape index (κ1) is 20.7. The summed E-state index contributed by atoms with van der Waals surface area (Å²) in [7, 11) is 0. The number of rotatable bonds is 6. The van der Waals surface area contributed by atoms with Crippen molar-refractivity contribution in [1.82, 2.24) is 20.1 Å². The highest BCUT2D eigenvalue weighted by atomic mass is 32.2. The van der Waals surface area contributed by atoms with Gasteiger partial charge in [-0.15, -0.1) is 22.0 Å². The maximum atomic E-state index is 13.0. The maximum Gasteiger partial charge on any atom is 0.393 e. The molecule has 0 unspecified atom stereocenters. The number of aryl methyl sites for hydroxylation is 1. The molecule has 152 valence electrons. The number of halogens is 3. The largest absolute Gasteiger partial charge is 0.393 e. The smallest absolute Gasteiger partial charge is 0.349 e. The topological polar surface area (TPSA) is 59.8 Å². The van der Waals surface area contributed by atoms with Crippen LogP contribution in [0.4, 0.5) is 13.2 Å². The van der Waals surface area contributed by atoms with Crippen LogP contribution in [0.2, 0.25) is 0 Å². The standard InChI is InChI=1S/C19H23F3N4OS/c1-12(2)28-15-6-3-13(4-7-15)9-18(27)23-10-17-25-24-16-8-5-14(11-26(16)17)19(20,21)22/h3-4,6-7,12,14H,5,8-11H2,1-2H3,(H,23,27)/t14-/m1/s1. The zero-order chi connectivity index (χ0) is 20.3. The van der Waals surface area contributed by atoms with Crippen LogP contribution in [0.25, 0.3) is 0 Å². The second-order valence-corrected chi connectivity index (χ2v) is 8.83. The van der Waals surface area contributed by atoms with Gasteiger partial charge in [0.25, 0.3) is 0 Å². The molecule has 1 aliphatic rings. The molecular formula is C19H23F3N4OS. The molecule has 1 N–H and O–H groups in total. The van der Waals surface area contributed by atoms with Crippen LogP contribution in [0.1, 0.15) is 37.5 Å². The summed E-state index contributed by atoms with van der Waals surface area (Å²) in [4.78, 5) is 13.4. The van der Waals surface area contributed by atoms with Crippen molar-refractivity contribution in [2.24, 2.45) is 5.92 Å². The first-order chi connectivity index (χ1) is 13.2. The van der Waals surface area contributed by atoms with E-state index in [4.69, 9.17) is 0 Å². The van der Waals surface area contributed by atoms with Crippen molar-refractivity contribution in [3.8, 4) is 0 Å². The predicted octanol–water partition coefficient (Wildman–Crippen LogP) is 3.76. The third-order valence-electron chi connectivity index (χ3n) is 4.59. The van der Waals surface area contributed by atoms with E-state index in [1.807, 2.05) is 24.3 Å². The minimum absolute atomic E-state index is 0.0269. The maximum absolute atomic E-state index is 13.0. The summed E-state index contributed by atoms with van der Waals surface area (Å²) in [5.41, 5.74) is 0.881. The molecule has 2 heterocycles. The highest BCUT2D eigenvalue weighted by Crippen LogP contribution is 2.34. The van der Waals surface area contributed by atoms with Gasteiger partial charge in [-0.1, -0.05) is 26.0 Å². The Morgan fingerprint density at radius 2 is 2.00 bits per heavy atom. The fourth-order valence-electron chi connectivity index (χ4n) is 3.16. The quantitative estimate of drug-likeness (QED) is 0.734. The Bertz CT molecular complexity index is 818. The van der Waals surface area contributed by atoms with Gasteiger partial charge in [-0.25, -0.2) is 0 Å². The number of hydrogen-bond donors (Lipinski definition) is 1. The van der Waals surface area contributed by atoms with Crippen molar-refractivity contribution in [3.63, 3.8) is 0 Å². The van der Waals surface area contributed by atoms with E-state index in [2.05, 4.69) is 29.4 Å². The van der Waals surface area contributed by atoms with E-state index < -0.39 is 12.1 Å². The van der Waals surface area contributed by atoms with Gasteiger partial charge in [0.2, 0.25) is 5.91 Å². The third-order valence-corrected chi connectivity index (χ3v) is 5.61. The number of nitrogens with one attached hydrogen (secondary N) is 1. The van der Waals surface area contributed by atoms with Crippen LogP contribution < -0.4 is 5.32 Å². The van der Waals surface area contributed by atoms with Crippen molar-refractivity contribution in [1.29, 1.82) is 0 Å². The molecule has 0 aliphatic carbocycles. The Morgan fingerprint density at radius 3 is 2.64 bits per heavy atom. The van der Waals surface area contributed by atoms with E-state index in [0.717, 1.165) is 10.5 Å². The molecule has 3 rings (SSSR count). The monoisotopic (exact) mass is 412 g/mol. The molecule has 1 atom stereocenters. The number of nitrogens with zero attached hydrogens (tertiary/aromatic N) is 3. The Balaban J connectivity index is 1.55. The van der Waals surface area contributed by atoms with Crippen molar-refractivity contribution >= 4 is 17.7 Å². The van der Waals surface area contributed by atoms with Crippen LogP contribution >= 0.6 is 11.8 Å². The molecule has 9 heteroatoms. The van der Waals surface area contributed by atoms with Crippen LogP contribution in [0.3, 0.4) is 0 Å². The lowest BCUT2D eigenvalue weighted by Gasteiger charge is -2.26. The predicted molar refractivity (Wildman–Crippen MR) is 101 cm³/mol. The summed E-state index contributed by atoms with van der Waals surface area (Å²) in [6.07, 6.45) is -3.76. The molecule has 5 nitrogen and oxygen atoms in total. The average molecular weight is 412 g/mol. The van der Waals surface area contributed by atoms with Gasteiger partial charge in [0.1, 0.15) is 5.82 Å². The van der Waals surface area contributed by atoms with E-state index in [0.29, 0.717) is 16.9 Å². The Hall–Kier alpha value is -2.03. The van der Waals surface area contributed by atoms with Crippen molar-refractivity contribution < 1.29 is 18.0 Å². The van der Waals surface area contributed by atoms with Gasteiger partial charge >= 0.3 is 6.18 Å². The Labute approximate surface area is 166 Å². The minimum atomic E-state index is -4.23. The molecular weight excluding hydrogens is 389 g/mol. The van der Waals surface area contributed by atoms with Crippen molar-refractivity contribution in [2.45, 2.75) is 62.5 Å². The molecule has 0 saturated heterocycles. The van der Waals surface area contributed by atoms with Crippen LogP contribution in [-0.4, -0.2) is 32.1 Å². The molecule has 1 aromatic heterocycles. The third kappa shape index (κ3) is 5.27. The van der Waals surface area contributed by atoms with E-state index in [1.54, 1.807) is 11.8 Å². The molecule has 2 aromatic rings. The molecule has 0 fully saturated rings. The lowest BCUT2D eigenvalue weighted by molar-refractivity contribution is -0.182. The number of thioether (sulfide) groups is 1. The minimum Gasteiger partial charge on any atom is -0.349 e. The molecule has 0 bridgehead atoms. The van der Waals surface area contributed by atoms with Crippen LogP contribution in [-0.2, 0) is 30.7 Å². The summed E-state index contributed by atoms with van der Waals surface area (Å²) in [5, 5.41) is 11.1. The van der Waals surface area contributed by atoms with Gasteiger partial charge in [0, 0.05) is 23.1 Å². The van der Waals surface area contributed by atoms with Crippen LogP contribution in [0.15, 0.2) is 29.2 Å². The lowest BCUT2D eigenvalue weighted by Crippen LogP contribution is -2.34. The normalized spacial score (nSPS) is 16.9. The molecule has 0 radical (unpaired) electrons. The van der Waals surface area contributed by atoms with Crippen LogP contribution in [0, 0.1) is 5.92 Å². The van der Waals surface area contributed by atoms with Crippen molar-refractivity contribution in [3.05, 3.63) is 41.5 Å². The van der Waals surface area contributed by atoms with E-state index >= 15 is 0 Å². The van der Waals surface area contributed by atoms with Gasteiger partial charge in [0.05, 0.1) is 18.9 Å². The molecule has 1 aromatic carbocycles. The fraction of sp³-hybridized carbons (Fsp3) is 0.526. The molecule has 0 spiro atoms. The zero-order valence-corrected chi connectivity index (χ0v) is 16.6. The number of aromatic nitrogens is 3. The van der Waals surface area contributed by atoms with Crippen LogP contribution in [0.5, 0.6) is 0 Å². The number of benzene rings is 1. The number of fused-ring (bicyclic) bond motifs is 1. The second kappa shape index (κ2) is 8.55. The van der Waals surface area contributed by atoms with Gasteiger partial charge < -0.3 is 9.88 Å². The van der Waals surface area contributed by atoms with Crippen molar-refractivity contribution in [2.75, 3.05) is 0 Å². The number of hydrogen-bond acceptors (Lipinski definition) is 4. The molecule has 28 heavy (non-hydrogen) atoms. The first-order valence-corrected chi connectivity index (χ1v) is 10.1. The SMILES string of the molecule is CC(C)Sc1ccc(CC(=O)NCc2nnc3n2C[C@H](C(F)(F)F)CC3)cc1. The molecule has 1 aliphatic heterocycles. The van der Waals surface area contributed by atoms with E-state index in [1.165, 1.54) is 4.57 Å². The van der Waals surface area contributed by atoms with E-state index in [9.17, 15) is 18.0 Å². The summed E-state index contributed by atoms with van der Waals surface area (Å²) in [6.45, 7) is 4.11. The van der Waals surface area contributed by atoms with Gasteiger partial charge in [-0.2, -0.15) is 13.2 Å². The Morgan fingerprint density at radius 1 is 1.29 bits per heavy atom.